The van der Waals surface area contributed by atoms with Crippen LogP contribution in [-0.2, 0) is 4.79 Å². The van der Waals surface area contributed by atoms with E-state index in [0.717, 1.165) is 30.9 Å². The van der Waals surface area contributed by atoms with Gasteiger partial charge in [-0.2, -0.15) is 0 Å². The lowest BCUT2D eigenvalue weighted by Crippen LogP contribution is -2.33. The molecule has 0 radical (unpaired) electrons. The van der Waals surface area contributed by atoms with Crippen LogP contribution in [0.4, 0.5) is 4.39 Å². The van der Waals surface area contributed by atoms with Crippen molar-refractivity contribution in [3.8, 4) is 5.75 Å². The van der Waals surface area contributed by atoms with Crippen molar-refractivity contribution in [2.24, 2.45) is 0 Å². The lowest BCUT2D eigenvalue weighted by atomic mass is 10.0. The minimum absolute atomic E-state index is 0.165. The third-order valence-electron chi connectivity index (χ3n) is 5.77. The van der Waals surface area contributed by atoms with Crippen LogP contribution in [0.3, 0.4) is 0 Å². The molecule has 5 nitrogen and oxygen atoms in total. The summed E-state index contributed by atoms with van der Waals surface area (Å²) in [5.41, 5.74) is 3.11. The zero-order valence-electron chi connectivity index (χ0n) is 17.5. The van der Waals surface area contributed by atoms with E-state index >= 15 is 0 Å². The van der Waals surface area contributed by atoms with Gasteiger partial charge in [0.1, 0.15) is 0 Å². The van der Waals surface area contributed by atoms with Gasteiger partial charge >= 0.3 is 0 Å². The minimum atomic E-state index is -0.456. The van der Waals surface area contributed by atoms with Crippen LogP contribution in [0, 0.1) is 5.82 Å². The number of carbonyl (C=O) groups is 1. The molecular weight excluding hydrogens is 381 g/mol. The van der Waals surface area contributed by atoms with Gasteiger partial charge in [-0.1, -0.05) is 18.2 Å². The Kier molecular flexibility index (Phi) is 5.59. The lowest BCUT2D eigenvalue weighted by Gasteiger charge is -2.29. The molecule has 3 heterocycles. The van der Waals surface area contributed by atoms with E-state index in [1.165, 1.54) is 13.2 Å². The maximum atomic E-state index is 14.2. The van der Waals surface area contributed by atoms with E-state index in [2.05, 4.69) is 30.0 Å². The molecular formula is C24H26FN3O2. The van der Waals surface area contributed by atoms with Crippen LogP contribution in [0.15, 0.2) is 72.2 Å². The Labute approximate surface area is 176 Å². The Morgan fingerprint density at radius 3 is 2.67 bits per heavy atom. The number of hydrogen-bond acceptors (Lipinski definition) is 4. The molecule has 1 amide bonds. The van der Waals surface area contributed by atoms with Crippen molar-refractivity contribution in [2.75, 3.05) is 34.3 Å². The molecule has 3 aliphatic rings. The van der Waals surface area contributed by atoms with Crippen molar-refractivity contribution in [3.05, 3.63) is 83.6 Å². The first-order chi connectivity index (χ1) is 14.5. The average molecular weight is 407 g/mol. The average Bonchev–Trinajstić information content (AvgIpc) is 3.22. The second kappa shape index (κ2) is 8.32. The highest BCUT2D eigenvalue weighted by atomic mass is 19.1. The first kappa shape index (κ1) is 20.2. The number of halogens is 1. The maximum Gasteiger partial charge on any atom is 0.255 e. The maximum absolute atomic E-state index is 14.2. The topological polar surface area (TPSA) is 36.0 Å². The summed E-state index contributed by atoms with van der Waals surface area (Å²) in [7, 11) is 5.63. The third-order valence-corrected chi connectivity index (χ3v) is 5.77. The number of fused-ring (bicyclic) bond motifs is 1. The molecule has 156 valence electrons. The predicted molar refractivity (Wildman–Crippen MR) is 116 cm³/mol. The Morgan fingerprint density at radius 1 is 1.17 bits per heavy atom. The van der Waals surface area contributed by atoms with Gasteiger partial charge in [0.25, 0.3) is 5.91 Å². The highest BCUT2D eigenvalue weighted by molar-refractivity contribution is 5.99. The van der Waals surface area contributed by atoms with Crippen molar-refractivity contribution in [1.82, 2.24) is 14.7 Å². The molecule has 30 heavy (non-hydrogen) atoms. The number of hydrogen-bond donors (Lipinski definition) is 0. The highest BCUT2D eigenvalue weighted by Crippen LogP contribution is 2.28. The third kappa shape index (κ3) is 3.96. The fourth-order valence-corrected chi connectivity index (χ4v) is 3.94. The van der Waals surface area contributed by atoms with Crippen molar-refractivity contribution in [3.63, 3.8) is 0 Å². The van der Waals surface area contributed by atoms with Crippen LogP contribution in [-0.4, -0.2) is 60.9 Å². The van der Waals surface area contributed by atoms with Gasteiger partial charge in [0.05, 0.1) is 12.8 Å². The van der Waals surface area contributed by atoms with Gasteiger partial charge in [-0.05, 0) is 62.0 Å². The van der Waals surface area contributed by atoms with Crippen LogP contribution in [0.1, 0.15) is 12.0 Å². The van der Waals surface area contributed by atoms with Crippen molar-refractivity contribution in [1.29, 1.82) is 0 Å². The zero-order valence-corrected chi connectivity index (χ0v) is 17.5. The first-order valence-corrected chi connectivity index (χ1v) is 10.0. The number of carbonyl (C=O) groups excluding carboxylic acids is 1. The summed E-state index contributed by atoms with van der Waals surface area (Å²) in [4.78, 5) is 19.3. The second-order valence-corrected chi connectivity index (χ2v) is 7.85. The SMILES string of the molecule is COc1ccc(C2=C\C(=O)N3C=C(N4CC[C@H](N(C)C)C4)C=C\C3=C/C=C/2)cc1F. The fourth-order valence-electron chi connectivity index (χ4n) is 3.94. The normalized spacial score (nSPS) is 25.7. The van der Waals surface area contributed by atoms with Crippen LogP contribution in [0.5, 0.6) is 5.75 Å². The molecule has 1 saturated heterocycles. The van der Waals surface area contributed by atoms with Crippen LogP contribution < -0.4 is 4.74 Å². The van der Waals surface area contributed by atoms with Gasteiger partial charge in [-0.25, -0.2) is 4.39 Å². The molecule has 0 N–H and O–H groups in total. The van der Waals surface area contributed by atoms with Crippen LogP contribution in [0.25, 0.3) is 5.57 Å². The second-order valence-electron chi connectivity index (χ2n) is 7.85. The Morgan fingerprint density at radius 2 is 1.97 bits per heavy atom. The number of benzene rings is 1. The van der Waals surface area contributed by atoms with Crippen molar-refractivity contribution < 1.29 is 13.9 Å². The summed E-state index contributed by atoms with van der Waals surface area (Å²) in [5.74, 6) is -0.442. The molecule has 1 fully saturated rings. The lowest BCUT2D eigenvalue weighted by molar-refractivity contribution is -0.122. The van der Waals surface area contributed by atoms with E-state index in [1.54, 1.807) is 23.1 Å². The number of amides is 1. The smallest absolute Gasteiger partial charge is 0.255 e. The number of rotatable bonds is 4. The molecule has 0 aliphatic carbocycles. The molecule has 1 aromatic rings. The number of methoxy groups -OCH3 is 1. The highest BCUT2D eigenvalue weighted by Gasteiger charge is 2.27. The summed E-state index contributed by atoms with van der Waals surface area (Å²) in [6.45, 7) is 1.91. The molecule has 4 rings (SSSR count). The standard InChI is InChI=1S/C24H26FN3O2/c1-26(2)20-11-12-27(15-20)21-9-8-19-6-4-5-17(14-24(29)28(19)16-21)18-7-10-23(30-3)22(25)13-18/h4-10,13-14,16,20H,11-12,15H2,1-3H3/b5-4+,17-14+,19-6+/t20-/m0/s1. The number of allylic oxidation sites excluding steroid dienone is 6. The van der Waals surface area contributed by atoms with Gasteiger partial charge in [0.2, 0.25) is 0 Å². The summed E-state index contributed by atoms with van der Waals surface area (Å²) in [6, 6.07) is 5.22. The number of likely N-dealkylation sites (N-methyl/N-ethyl adjacent to an activating group) is 1. The molecule has 1 aromatic carbocycles. The van der Waals surface area contributed by atoms with E-state index in [-0.39, 0.29) is 11.7 Å². The molecule has 3 aliphatic heterocycles. The molecule has 1 atom stereocenters. The monoisotopic (exact) mass is 407 g/mol. The Bertz CT molecular complexity index is 1000. The van der Waals surface area contributed by atoms with Gasteiger partial charge in [-0.3, -0.25) is 9.69 Å². The summed E-state index contributed by atoms with van der Waals surface area (Å²) >= 11 is 0. The summed E-state index contributed by atoms with van der Waals surface area (Å²) in [5, 5.41) is 0. The van der Waals surface area contributed by atoms with Gasteiger partial charge in [0.15, 0.2) is 11.6 Å². The van der Waals surface area contributed by atoms with E-state index in [0.29, 0.717) is 17.2 Å². The number of likely N-dealkylation sites (tertiary alicyclic amines) is 1. The van der Waals surface area contributed by atoms with Crippen LogP contribution in [0.2, 0.25) is 0 Å². The van der Waals surface area contributed by atoms with Crippen molar-refractivity contribution >= 4 is 11.5 Å². The van der Waals surface area contributed by atoms with Gasteiger partial charge in [0, 0.05) is 37.1 Å². The molecule has 6 heteroatoms. The van der Waals surface area contributed by atoms with Crippen LogP contribution >= 0.6 is 0 Å². The minimum Gasteiger partial charge on any atom is -0.494 e. The van der Waals surface area contributed by atoms with E-state index in [1.807, 2.05) is 30.5 Å². The molecule has 0 bridgehead atoms. The van der Waals surface area contributed by atoms with Gasteiger partial charge in [-0.15, -0.1) is 0 Å². The Hall–Kier alpha value is -3.12. The van der Waals surface area contributed by atoms with Gasteiger partial charge < -0.3 is 14.5 Å². The largest absolute Gasteiger partial charge is 0.494 e. The summed E-state index contributed by atoms with van der Waals surface area (Å²) in [6.07, 6.45) is 14.2. The molecule has 0 spiro atoms. The number of ether oxygens (including phenoxy) is 1. The summed E-state index contributed by atoms with van der Waals surface area (Å²) < 4.78 is 19.1. The van der Waals surface area contributed by atoms with E-state index in [4.69, 9.17) is 4.74 Å². The quantitative estimate of drug-likeness (QED) is 0.765. The van der Waals surface area contributed by atoms with E-state index < -0.39 is 5.82 Å². The van der Waals surface area contributed by atoms with E-state index in [9.17, 15) is 9.18 Å². The molecule has 0 unspecified atom stereocenters. The zero-order chi connectivity index (χ0) is 21.3. The Balaban J connectivity index is 1.61. The fraction of sp³-hybridized carbons (Fsp3) is 0.292. The number of nitrogens with zero attached hydrogens (tertiary/aromatic N) is 3. The first-order valence-electron chi connectivity index (χ1n) is 10.0. The molecule has 0 aromatic heterocycles. The van der Waals surface area contributed by atoms with Crippen molar-refractivity contribution in [2.45, 2.75) is 12.5 Å². The predicted octanol–water partition coefficient (Wildman–Crippen LogP) is 3.55. The molecule has 0 saturated carbocycles.